The Hall–Kier alpha value is -0.740. The van der Waals surface area contributed by atoms with Crippen molar-refractivity contribution in [1.29, 1.82) is 0 Å². The molecule has 0 unspecified atom stereocenters. The fraction of sp³-hybridized carbons (Fsp3) is 0.364. The van der Waals surface area contributed by atoms with E-state index in [9.17, 15) is 9.18 Å². The lowest BCUT2D eigenvalue weighted by atomic mass is 10.1. The molecule has 0 bridgehead atoms. The van der Waals surface area contributed by atoms with Crippen molar-refractivity contribution in [1.82, 2.24) is 5.32 Å². The van der Waals surface area contributed by atoms with Crippen LogP contribution in [0.3, 0.4) is 0 Å². The van der Waals surface area contributed by atoms with Crippen LogP contribution in [0.1, 0.15) is 12.5 Å². The number of nitrogens with one attached hydrogen (secondary N) is 1. The lowest BCUT2D eigenvalue weighted by molar-refractivity contribution is -0.117. The number of carbonyl (C=O) groups excluding carboxylic acids is 1. The number of carbonyl (C=O) groups is 1. The van der Waals surface area contributed by atoms with E-state index in [4.69, 9.17) is 0 Å². The summed E-state index contributed by atoms with van der Waals surface area (Å²) >= 11 is 3.13. The first-order chi connectivity index (χ1) is 7.15. The van der Waals surface area contributed by atoms with E-state index in [0.29, 0.717) is 16.6 Å². The average Bonchev–Trinajstić information content (AvgIpc) is 2.22. The summed E-state index contributed by atoms with van der Waals surface area (Å²) in [6.45, 7) is 3.03. The predicted octanol–water partition coefficient (Wildman–Crippen LogP) is 2.31. The normalized spacial score (nSPS) is 10.3. The van der Waals surface area contributed by atoms with Crippen molar-refractivity contribution in [3.63, 3.8) is 0 Å². The number of hydrogen-bond donors (Lipinski definition) is 1. The Kier molecular flexibility index (Phi) is 4.91. The number of rotatable bonds is 5. The van der Waals surface area contributed by atoms with Crippen molar-refractivity contribution in [3.8, 4) is 0 Å². The SMILES string of the molecule is CCNCC(=O)Cc1cccc(F)c1Br. The molecular formula is C11H13BrFNO. The molecule has 0 aromatic heterocycles. The monoisotopic (exact) mass is 273 g/mol. The van der Waals surface area contributed by atoms with E-state index < -0.39 is 0 Å². The van der Waals surface area contributed by atoms with Gasteiger partial charge >= 0.3 is 0 Å². The second-order valence-electron chi connectivity index (χ2n) is 3.21. The molecule has 0 aliphatic heterocycles. The van der Waals surface area contributed by atoms with Crippen LogP contribution >= 0.6 is 15.9 Å². The van der Waals surface area contributed by atoms with Gasteiger partial charge in [-0.2, -0.15) is 0 Å². The minimum absolute atomic E-state index is 0.0585. The summed E-state index contributed by atoms with van der Waals surface area (Å²) in [5.41, 5.74) is 0.693. The first-order valence-electron chi connectivity index (χ1n) is 4.80. The number of likely N-dealkylation sites (N-methyl/N-ethyl adjacent to an activating group) is 1. The zero-order valence-electron chi connectivity index (χ0n) is 8.52. The molecular weight excluding hydrogens is 261 g/mol. The number of benzene rings is 1. The van der Waals surface area contributed by atoms with Gasteiger partial charge in [0.15, 0.2) is 5.78 Å². The van der Waals surface area contributed by atoms with E-state index in [1.807, 2.05) is 6.92 Å². The minimum atomic E-state index is -0.330. The van der Waals surface area contributed by atoms with Crippen LogP contribution in [0.5, 0.6) is 0 Å². The zero-order valence-corrected chi connectivity index (χ0v) is 10.1. The molecule has 0 atom stereocenters. The van der Waals surface area contributed by atoms with Crippen LogP contribution in [0.25, 0.3) is 0 Å². The van der Waals surface area contributed by atoms with Crippen LogP contribution in [-0.2, 0) is 11.2 Å². The maximum Gasteiger partial charge on any atom is 0.151 e. The summed E-state index contributed by atoms with van der Waals surface area (Å²) in [6.07, 6.45) is 0.255. The van der Waals surface area contributed by atoms with Gasteiger partial charge in [-0.15, -0.1) is 0 Å². The van der Waals surface area contributed by atoms with Crippen LogP contribution < -0.4 is 5.32 Å². The highest BCUT2D eigenvalue weighted by Gasteiger charge is 2.09. The van der Waals surface area contributed by atoms with Crippen LogP contribution in [0.4, 0.5) is 4.39 Å². The average molecular weight is 274 g/mol. The fourth-order valence-corrected chi connectivity index (χ4v) is 1.63. The summed E-state index contributed by atoms with van der Waals surface area (Å²) in [5.74, 6) is -0.271. The van der Waals surface area contributed by atoms with E-state index >= 15 is 0 Å². The molecule has 0 radical (unpaired) electrons. The van der Waals surface area contributed by atoms with E-state index in [1.54, 1.807) is 12.1 Å². The number of Topliss-reactive ketones (excluding diaryl/α,β-unsaturated/α-hetero) is 1. The van der Waals surface area contributed by atoms with Gasteiger partial charge in [0.2, 0.25) is 0 Å². The summed E-state index contributed by atoms with van der Waals surface area (Å²) in [4.78, 5) is 11.4. The molecule has 0 saturated heterocycles. The molecule has 1 N–H and O–H groups in total. The Morgan fingerprint density at radius 1 is 1.53 bits per heavy atom. The second-order valence-corrected chi connectivity index (χ2v) is 4.00. The predicted molar refractivity (Wildman–Crippen MR) is 61.4 cm³/mol. The Morgan fingerprint density at radius 2 is 2.27 bits per heavy atom. The Bertz CT molecular complexity index is 354. The van der Waals surface area contributed by atoms with Crippen molar-refractivity contribution in [3.05, 3.63) is 34.1 Å². The molecule has 1 aromatic carbocycles. The molecule has 1 aromatic rings. The summed E-state index contributed by atoms with van der Waals surface area (Å²) in [6, 6.07) is 4.72. The molecule has 2 nitrogen and oxygen atoms in total. The summed E-state index contributed by atoms with van der Waals surface area (Å²) < 4.78 is 13.5. The molecule has 0 heterocycles. The third-order valence-corrected chi connectivity index (χ3v) is 2.88. The quantitative estimate of drug-likeness (QED) is 0.892. The van der Waals surface area contributed by atoms with Gasteiger partial charge in [0.1, 0.15) is 5.82 Å². The van der Waals surface area contributed by atoms with Gasteiger partial charge in [0.25, 0.3) is 0 Å². The highest BCUT2D eigenvalue weighted by molar-refractivity contribution is 9.10. The van der Waals surface area contributed by atoms with Gasteiger partial charge in [-0.1, -0.05) is 19.1 Å². The second kappa shape index (κ2) is 5.98. The number of ketones is 1. The third kappa shape index (κ3) is 3.72. The highest BCUT2D eigenvalue weighted by atomic mass is 79.9. The molecule has 1 rings (SSSR count). The standard InChI is InChI=1S/C11H13BrFNO/c1-2-14-7-9(15)6-8-4-3-5-10(13)11(8)12/h3-5,14H,2,6-7H2,1H3. The first kappa shape index (κ1) is 12.3. The Balaban J connectivity index is 2.64. The molecule has 82 valence electrons. The molecule has 0 spiro atoms. The maximum atomic E-state index is 13.1. The van der Waals surface area contributed by atoms with Crippen LogP contribution in [0, 0.1) is 5.82 Å². The third-order valence-electron chi connectivity index (χ3n) is 1.99. The minimum Gasteiger partial charge on any atom is -0.310 e. The Labute approximate surface area is 97.0 Å². The van der Waals surface area contributed by atoms with Gasteiger partial charge in [-0.05, 0) is 34.1 Å². The van der Waals surface area contributed by atoms with Gasteiger partial charge in [0, 0.05) is 6.42 Å². The number of hydrogen-bond acceptors (Lipinski definition) is 2. The summed E-state index contributed by atoms with van der Waals surface area (Å²) in [7, 11) is 0. The molecule has 0 amide bonds. The maximum absolute atomic E-state index is 13.1. The van der Waals surface area contributed by atoms with Crippen molar-refractivity contribution in [2.75, 3.05) is 13.1 Å². The zero-order chi connectivity index (χ0) is 11.3. The summed E-state index contributed by atoms with van der Waals surface area (Å²) in [5, 5.41) is 2.94. The van der Waals surface area contributed by atoms with Gasteiger partial charge in [-0.25, -0.2) is 4.39 Å². The van der Waals surface area contributed by atoms with Crippen LogP contribution in [0.15, 0.2) is 22.7 Å². The van der Waals surface area contributed by atoms with Gasteiger partial charge in [-0.3, -0.25) is 4.79 Å². The topological polar surface area (TPSA) is 29.1 Å². The largest absolute Gasteiger partial charge is 0.310 e. The van der Waals surface area contributed by atoms with Crippen molar-refractivity contribution >= 4 is 21.7 Å². The van der Waals surface area contributed by atoms with Gasteiger partial charge < -0.3 is 5.32 Å². The van der Waals surface area contributed by atoms with E-state index in [-0.39, 0.29) is 18.0 Å². The molecule has 4 heteroatoms. The van der Waals surface area contributed by atoms with Crippen molar-refractivity contribution in [2.45, 2.75) is 13.3 Å². The molecule has 0 aliphatic carbocycles. The van der Waals surface area contributed by atoms with E-state index in [0.717, 1.165) is 6.54 Å². The lowest BCUT2D eigenvalue weighted by Gasteiger charge is -2.04. The molecule has 15 heavy (non-hydrogen) atoms. The van der Waals surface area contributed by atoms with Crippen LogP contribution in [0.2, 0.25) is 0 Å². The van der Waals surface area contributed by atoms with Crippen LogP contribution in [-0.4, -0.2) is 18.9 Å². The fourth-order valence-electron chi connectivity index (χ4n) is 1.22. The lowest BCUT2D eigenvalue weighted by Crippen LogP contribution is -2.23. The molecule has 0 fully saturated rings. The first-order valence-corrected chi connectivity index (χ1v) is 5.59. The molecule has 0 aliphatic rings. The highest BCUT2D eigenvalue weighted by Crippen LogP contribution is 2.20. The van der Waals surface area contributed by atoms with Crippen molar-refractivity contribution in [2.24, 2.45) is 0 Å². The Morgan fingerprint density at radius 3 is 2.93 bits per heavy atom. The van der Waals surface area contributed by atoms with E-state index in [2.05, 4.69) is 21.2 Å². The van der Waals surface area contributed by atoms with E-state index in [1.165, 1.54) is 6.07 Å². The smallest absolute Gasteiger partial charge is 0.151 e. The van der Waals surface area contributed by atoms with Crippen molar-refractivity contribution < 1.29 is 9.18 Å². The number of halogens is 2. The molecule has 0 saturated carbocycles. The van der Waals surface area contributed by atoms with Gasteiger partial charge in [0.05, 0.1) is 11.0 Å².